The lowest BCUT2D eigenvalue weighted by Crippen LogP contribution is -2.41. The summed E-state index contributed by atoms with van der Waals surface area (Å²) in [6.07, 6.45) is 3.01. The summed E-state index contributed by atoms with van der Waals surface area (Å²) in [5, 5.41) is 6.33. The third-order valence-corrected chi connectivity index (χ3v) is 4.83. The van der Waals surface area contributed by atoms with Crippen molar-refractivity contribution in [2.24, 2.45) is 0 Å². The molecule has 1 aliphatic rings. The van der Waals surface area contributed by atoms with Crippen molar-refractivity contribution in [2.45, 2.75) is 38.4 Å². The Bertz CT molecular complexity index is 612. The van der Waals surface area contributed by atoms with Gasteiger partial charge in [-0.1, -0.05) is 60.7 Å². The Morgan fingerprint density at radius 3 is 2.15 bits per heavy atom. The van der Waals surface area contributed by atoms with Crippen LogP contribution in [0.1, 0.15) is 30.4 Å². The number of carbonyl (C=O) groups is 1. The van der Waals surface area contributed by atoms with Crippen LogP contribution in [0.4, 0.5) is 0 Å². The van der Waals surface area contributed by atoms with Gasteiger partial charge in [-0.2, -0.15) is 0 Å². The third kappa shape index (κ3) is 5.97. The molecule has 26 heavy (non-hydrogen) atoms. The summed E-state index contributed by atoms with van der Waals surface area (Å²) in [5.41, 5.74) is 2.64. The van der Waals surface area contributed by atoms with Crippen LogP contribution >= 0.6 is 0 Å². The summed E-state index contributed by atoms with van der Waals surface area (Å²) in [7, 11) is 0. The van der Waals surface area contributed by atoms with Crippen LogP contribution in [-0.4, -0.2) is 36.5 Å². The zero-order chi connectivity index (χ0) is 18.0. The van der Waals surface area contributed by atoms with Crippen molar-refractivity contribution in [3.8, 4) is 0 Å². The van der Waals surface area contributed by atoms with Gasteiger partial charge in [0, 0.05) is 26.2 Å². The van der Waals surface area contributed by atoms with Crippen molar-refractivity contribution in [1.29, 1.82) is 0 Å². The van der Waals surface area contributed by atoms with Crippen molar-refractivity contribution in [3.63, 3.8) is 0 Å². The van der Waals surface area contributed by atoms with Gasteiger partial charge in [-0.05, 0) is 36.9 Å². The molecule has 0 aliphatic carbocycles. The van der Waals surface area contributed by atoms with E-state index in [0.29, 0.717) is 0 Å². The Balaban J connectivity index is 1.49. The Labute approximate surface area is 156 Å². The fourth-order valence-corrected chi connectivity index (χ4v) is 3.44. The van der Waals surface area contributed by atoms with E-state index in [0.717, 1.165) is 52.0 Å². The maximum atomic E-state index is 12.1. The lowest BCUT2D eigenvalue weighted by Gasteiger charge is -2.23. The van der Waals surface area contributed by atoms with Gasteiger partial charge in [-0.15, -0.1) is 0 Å². The van der Waals surface area contributed by atoms with Gasteiger partial charge in [-0.25, -0.2) is 0 Å². The molecule has 2 N–H and O–H groups in total. The molecule has 1 heterocycles. The fraction of sp³-hybridized carbons (Fsp3) is 0.409. The first kappa shape index (κ1) is 18.6. The van der Waals surface area contributed by atoms with Crippen LogP contribution in [0.25, 0.3) is 0 Å². The molecule has 0 aromatic heterocycles. The van der Waals surface area contributed by atoms with Crippen molar-refractivity contribution < 1.29 is 4.79 Å². The van der Waals surface area contributed by atoms with Crippen molar-refractivity contribution >= 4 is 5.91 Å². The molecule has 0 radical (unpaired) electrons. The molecular weight excluding hydrogens is 322 g/mol. The van der Waals surface area contributed by atoms with Gasteiger partial charge < -0.3 is 10.6 Å². The number of rotatable bonds is 9. The highest BCUT2D eigenvalue weighted by atomic mass is 16.2. The number of amides is 1. The predicted octanol–water partition coefficient (Wildman–Crippen LogP) is 2.95. The van der Waals surface area contributed by atoms with Crippen LogP contribution in [0.2, 0.25) is 0 Å². The number of hydrogen-bond donors (Lipinski definition) is 2. The summed E-state index contributed by atoms with van der Waals surface area (Å²) >= 11 is 0. The molecule has 1 amide bonds. The molecule has 2 aromatic carbocycles. The summed E-state index contributed by atoms with van der Waals surface area (Å²) in [6.45, 7) is 4.50. The minimum Gasteiger partial charge on any atom is -0.355 e. The van der Waals surface area contributed by atoms with Gasteiger partial charge in [0.05, 0.1) is 6.04 Å². The minimum absolute atomic E-state index is 0.0136. The van der Waals surface area contributed by atoms with E-state index in [1.807, 2.05) is 0 Å². The molecular formula is C22H29N3O. The van der Waals surface area contributed by atoms with Gasteiger partial charge >= 0.3 is 0 Å². The van der Waals surface area contributed by atoms with E-state index in [2.05, 4.69) is 76.2 Å². The van der Waals surface area contributed by atoms with Crippen LogP contribution < -0.4 is 10.6 Å². The zero-order valence-electron chi connectivity index (χ0n) is 15.4. The summed E-state index contributed by atoms with van der Waals surface area (Å²) in [4.78, 5) is 14.5. The number of hydrogen-bond acceptors (Lipinski definition) is 3. The Hall–Kier alpha value is -2.17. The smallest absolute Gasteiger partial charge is 0.237 e. The van der Waals surface area contributed by atoms with E-state index in [1.54, 1.807) is 0 Å². The molecule has 1 aliphatic heterocycles. The summed E-state index contributed by atoms with van der Waals surface area (Å²) in [6, 6.07) is 21.2. The molecule has 0 bridgehead atoms. The second-order valence-electron chi connectivity index (χ2n) is 6.98. The summed E-state index contributed by atoms with van der Waals surface area (Å²) < 4.78 is 0. The Morgan fingerprint density at radius 2 is 1.62 bits per heavy atom. The zero-order valence-corrected chi connectivity index (χ0v) is 15.4. The van der Waals surface area contributed by atoms with E-state index in [9.17, 15) is 4.79 Å². The first-order valence-corrected chi connectivity index (χ1v) is 9.62. The monoisotopic (exact) mass is 351 g/mol. The second kappa shape index (κ2) is 10.1. The SMILES string of the molecule is O=C(NCCCN(Cc1ccccc1)Cc1ccccc1)C1CCCN1. The lowest BCUT2D eigenvalue weighted by molar-refractivity contribution is -0.122. The third-order valence-electron chi connectivity index (χ3n) is 4.83. The first-order valence-electron chi connectivity index (χ1n) is 9.62. The second-order valence-corrected chi connectivity index (χ2v) is 6.98. The van der Waals surface area contributed by atoms with Crippen LogP contribution in [0.5, 0.6) is 0 Å². The highest BCUT2D eigenvalue weighted by Gasteiger charge is 2.21. The molecule has 3 rings (SSSR count). The van der Waals surface area contributed by atoms with Crippen LogP contribution in [0.3, 0.4) is 0 Å². The number of nitrogens with one attached hydrogen (secondary N) is 2. The summed E-state index contributed by atoms with van der Waals surface area (Å²) in [5.74, 6) is 0.153. The minimum atomic E-state index is 0.0136. The van der Waals surface area contributed by atoms with E-state index in [4.69, 9.17) is 0 Å². The molecule has 2 aromatic rings. The maximum Gasteiger partial charge on any atom is 0.237 e. The molecule has 0 saturated carbocycles. The Morgan fingerprint density at radius 1 is 1.00 bits per heavy atom. The highest BCUT2D eigenvalue weighted by molar-refractivity contribution is 5.81. The van der Waals surface area contributed by atoms with E-state index in [-0.39, 0.29) is 11.9 Å². The van der Waals surface area contributed by atoms with Crippen LogP contribution in [-0.2, 0) is 17.9 Å². The average Bonchev–Trinajstić information content (AvgIpc) is 3.21. The van der Waals surface area contributed by atoms with Gasteiger partial charge in [0.1, 0.15) is 0 Å². The fourth-order valence-electron chi connectivity index (χ4n) is 3.44. The molecule has 138 valence electrons. The van der Waals surface area contributed by atoms with E-state index >= 15 is 0 Å². The molecule has 1 atom stereocenters. The largest absolute Gasteiger partial charge is 0.355 e. The van der Waals surface area contributed by atoms with E-state index in [1.165, 1.54) is 11.1 Å². The van der Waals surface area contributed by atoms with Crippen molar-refractivity contribution in [1.82, 2.24) is 15.5 Å². The quantitative estimate of drug-likeness (QED) is 0.683. The number of nitrogens with zero attached hydrogens (tertiary/aromatic N) is 1. The maximum absolute atomic E-state index is 12.1. The van der Waals surface area contributed by atoms with Gasteiger partial charge in [0.2, 0.25) is 5.91 Å². The van der Waals surface area contributed by atoms with Gasteiger partial charge in [0.15, 0.2) is 0 Å². The highest BCUT2D eigenvalue weighted by Crippen LogP contribution is 2.10. The molecule has 0 spiro atoms. The first-order chi connectivity index (χ1) is 12.8. The van der Waals surface area contributed by atoms with Crippen molar-refractivity contribution in [3.05, 3.63) is 71.8 Å². The Kier molecular flexibility index (Phi) is 7.23. The number of benzene rings is 2. The molecule has 1 unspecified atom stereocenters. The predicted molar refractivity (Wildman–Crippen MR) is 106 cm³/mol. The van der Waals surface area contributed by atoms with E-state index < -0.39 is 0 Å². The molecule has 4 heteroatoms. The van der Waals surface area contributed by atoms with Crippen LogP contribution in [0.15, 0.2) is 60.7 Å². The topological polar surface area (TPSA) is 44.4 Å². The van der Waals surface area contributed by atoms with Crippen molar-refractivity contribution in [2.75, 3.05) is 19.6 Å². The average molecular weight is 351 g/mol. The van der Waals surface area contributed by atoms with Gasteiger partial charge in [-0.3, -0.25) is 9.69 Å². The molecule has 1 saturated heterocycles. The number of carbonyl (C=O) groups excluding carboxylic acids is 1. The van der Waals surface area contributed by atoms with Gasteiger partial charge in [0.25, 0.3) is 0 Å². The standard InChI is InChI=1S/C22H29N3O/c26-22(21-13-7-14-23-21)24-15-8-16-25(17-19-9-3-1-4-10-19)18-20-11-5-2-6-12-20/h1-6,9-12,21,23H,7-8,13-18H2,(H,24,26). The molecule has 4 nitrogen and oxygen atoms in total. The lowest BCUT2D eigenvalue weighted by atomic mass is 10.1. The molecule has 1 fully saturated rings. The van der Waals surface area contributed by atoms with Crippen LogP contribution in [0, 0.1) is 0 Å². The normalized spacial score (nSPS) is 16.7.